The van der Waals surface area contributed by atoms with Crippen LogP contribution in [0.15, 0.2) is 0 Å². The maximum absolute atomic E-state index is 9.67. The van der Waals surface area contributed by atoms with Crippen LogP contribution in [0.2, 0.25) is 0 Å². The summed E-state index contributed by atoms with van der Waals surface area (Å²) < 4.78 is 0. The second kappa shape index (κ2) is 6.19. The van der Waals surface area contributed by atoms with Gasteiger partial charge >= 0.3 is 0 Å². The van der Waals surface area contributed by atoms with Gasteiger partial charge in [-0.2, -0.15) is 0 Å². The van der Waals surface area contributed by atoms with E-state index >= 15 is 0 Å². The van der Waals surface area contributed by atoms with Crippen molar-refractivity contribution in [1.29, 1.82) is 0 Å². The number of nitrogens with one attached hydrogen (secondary N) is 1. The molecule has 2 nitrogen and oxygen atoms in total. The fourth-order valence-corrected chi connectivity index (χ4v) is 3.68. The molecule has 0 aromatic carbocycles. The average Bonchev–Trinajstić information content (AvgIpc) is 2.85. The molecule has 2 unspecified atom stereocenters. The molecule has 2 saturated carbocycles. The molecule has 0 saturated heterocycles. The second-order valence-electron chi connectivity index (χ2n) is 6.38. The zero-order chi connectivity index (χ0) is 12.1. The van der Waals surface area contributed by atoms with Crippen molar-refractivity contribution < 1.29 is 5.11 Å². The Labute approximate surface area is 106 Å². The maximum atomic E-state index is 9.67. The monoisotopic (exact) mass is 239 g/mol. The van der Waals surface area contributed by atoms with Crippen LogP contribution in [0.5, 0.6) is 0 Å². The highest BCUT2D eigenvalue weighted by molar-refractivity contribution is 4.87. The van der Waals surface area contributed by atoms with Crippen LogP contribution < -0.4 is 5.32 Å². The fraction of sp³-hybridized carbons (Fsp3) is 1.00. The predicted molar refractivity (Wildman–Crippen MR) is 72.0 cm³/mol. The highest BCUT2D eigenvalue weighted by Crippen LogP contribution is 2.36. The third-order valence-electron chi connectivity index (χ3n) is 5.13. The van der Waals surface area contributed by atoms with Gasteiger partial charge in [-0.1, -0.05) is 32.6 Å². The van der Waals surface area contributed by atoms with Gasteiger partial charge in [-0.25, -0.2) is 0 Å². The van der Waals surface area contributed by atoms with Crippen molar-refractivity contribution in [3.63, 3.8) is 0 Å². The Morgan fingerprint density at radius 2 is 1.94 bits per heavy atom. The first kappa shape index (κ1) is 13.4. The topological polar surface area (TPSA) is 32.3 Å². The summed E-state index contributed by atoms with van der Waals surface area (Å²) in [6.45, 7) is 3.73. The summed E-state index contributed by atoms with van der Waals surface area (Å²) in [6, 6.07) is 0.727. The van der Waals surface area contributed by atoms with Gasteiger partial charge in [-0.3, -0.25) is 0 Å². The summed E-state index contributed by atoms with van der Waals surface area (Å²) >= 11 is 0. The van der Waals surface area contributed by atoms with Gasteiger partial charge in [0.1, 0.15) is 0 Å². The Morgan fingerprint density at radius 3 is 2.53 bits per heavy atom. The summed E-state index contributed by atoms with van der Waals surface area (Å²) in [5.41, 5.74) is 0.211. The largest absolute Gasteiger partial charge is 0.396 e. The van der Waals surface area contributed by atoms with E-state index in [2.05, 4.69) is 12.2 Å². The first-order valence-electron chi connectivity index (χ1n) is 7.62. The van der Waals surface area contributed by atoms with Crippen molar-refractivity contribution in [3.8, 4) is 0 Å². The van der Waals surface area contributed by atoms with Crippen LogP contribution in [0.1, 0.15) is 64.7 Å². The van der Waals surface area contributed by atoms with E-state index in [4.69, 9.17) is 0 Å². The summed E-state index contributed by atoms with van der Waals surface area (Å²) in [5, 5.41) is 13.4. The lowest BCUT2D eigenvalue weighted by Crippen LogP contribution is -2.42. The van der Waals surface area contributed by atoms with E-state index in [0.29, 0.717) is 6.61 Å². The first-order chi connectivity index (χ1) is 8.28. The molecule has 0 aromatic rings. The minimum atomic E-state index is 0.211. The van der Waals surface area contributed by atoms with E-state index in [0.717, 1.165) is 18.5 Å². The van der Waals surface area contributed by atoms with E-state index < -0.39 is 0 Å². The molecule has 2 aliphatic carbocycles. The van der Waals surface area contributed by atoms with Gasteiger partial charge in [0.2, 0.25) is 0 Å². The average molecular weight is 239 g/mol. The number of aliphatic hydroxyl groups is 1. The van der Waals surface area contributed by atoms with E-state index in [1.54, 1.807) is 0 Å². The van der Waals surface area contributed by atoms with Gasteiger partial charge < -0.3 is 10.4 Å². The Hall–Kier alpha value is -0.0800. The molecule has 0 amide bonds. The van der Waals surface area contributed by atoms with Crippen LogP contribution in [-0.2, 0) is 0 Å². The van der Waals surface area contributed by atoms with Gasteiger partial charge in [0.15, 0.2) is 0 Å². The van der Waals surface area contributed by atoms with Crippen molar-refractivity contribution in [2.75, 3.05) is 13.2 Å². The molecule has 2 heteroatoms. The van der Waals surface area contributed by atoms with Crippen LogP contribution in [0, 0.1) is 11.3 Å². The van der Waals surface area contributed by atoms with Crippen molar-refractivity contribution in [3.05, 3.63) is 0 Å². The summed E-state index contributed by atoms with van der Waals surface area (Å²) in [4.78, 5) is 0. The van der Waals surface area contributed by atoms with Crippen LogP contribution in [-0.4, -0.2) is 24.3 Å². The van der Waals surface area contributed by atoms with Gasteiger partial charge in [-0.15, -0.1) is 0 Å². The molecule has 0 aromatic heterocycles. The zero-order valence-electron chi connectivity index (χ0n) is 11.4. The van der Waals surface area contributed by atoms with Crippen LogP contribution in [0.25, 0.3) is 0 Å². The smallest absolute Gasteiger partial charge is 0.0499 e. The zero-order valence-corrected chi connectivity index (χ0v) is 11.4. The van der Waals surface area contributed by atoms with Crippen molar-refractivity contribution in [1.82, 2.24) is 5.32 Å². The molecular weight excluding hydrogens is 210 g/mol. The minimum absolute atomic E-state index is 0.211. The highest BCUT2D eigenvalue weighted by Gasteiger charge is 2.32. The molecule has 0 bridgehead atoms. The number of hydrogen-bond donors (Lipinski definition) is 2. The molecule has 17 heavy (non-hydrogen) atoms. The molecule has 2 fully saturated rings. The van der Waals surface area contributed by atoms with Crippen molar-refractivity contribution >= 4 is 0 Å². The minimum Gasteiger partial charge on any atom is -0.396 e. The lowest BCUT2D eigenvalue weighted by atomic mass is 9.74. The van der Waals surface area contributed by atoms with E-state index in [9.17, 15) is 5.11 Å². The summed E-state index contributed by atoms with van der Waals surface area (Å²) in [5.74, 6) is 0.948. The maximum Gasteiger partial charge on any atom is 0.0499 e. The molecule has 100 valence electrons. The molecule has 2 aliphatic rings. The third kappa shape index (κ3) is 3.45. The van der Waals surface area contributed by atoms with Gasteiger partial charge in [-0.05, 0) is 38.0 Å². The van der Waals surface area contributed by atoms with E-state index in [1.807, 2.05) is 0 Å². The Morgan fingerprint density at radius 1 is 1.18 bits per heavy atom. The normalized spacial score (nSPS) is 32.8. The second-order valence-corrected chi connectivity index (χ2v) is 6.38. The van der Waals surface area contributed by atoms with Crippen LogP contribution in [0.4, 0.5) is 0 Å². The number of rotatable bonds is 5. The lowest BCUT2D eigenvalue weighted by Gasteiger charge is -2.36. The third-order valence-corrected chi connectivity index (χ3v) is 5.13. The van der Waals surface area contributed by atoms with Crippen molar-refractivity contribution in [2.45, 2.75) is 70.8 Å². The SMILES string of the molecule is CCC1CCC(NCC2(CO)CCCCC2)C1. The Kier molecular flexibility index (Phi) is 4.87. The van der Waals surface area contributed by atoms with E-state index in [-0.39, 0.29) is 5.41 Å². The van der Waals surface area contributed by atoms with Crippen LogP contribution in [0.3, 0.4) is 0 Å². The molecule has 2 atom stereocenters. The molecule has 0 spiro atoms. The quantitative estimate of drug-likeness (QED) is 0.772. The fourth-order valence-electron chi connectivity index (χ4n) is 3.68. The molecule has 0 aliphatic heterocycles. The Balaban J connectivity index is 1.76. The summed E-state index contributed by atoms with van der Waals surface area (Å²) in [7, 11) is 0. The molecule has 2 N–H and O–H groups in total. The first-order valence-corrected chi connectivity index (χ1v) is 7.62. The van der Waals surface area contributed by atoms with Gasteiger partial charge in [0.25, 0.3) is 0 Å². The van der Waals surface area contributed by atoms with Gasteiger partial charge in [0, 0.05) is 24.6 Å². The van der Waals surface area contributed by atoms with Gasteiger partial charge in [0.05, 0.1) is 0 Å². The standard InChI is InChI=1S/C15H29NO/c1-2-13-6-7-14(10-13)16-11-15(12-17)8-4-3-5-9-15/h13-14,16-17H,2-12H2,1H3. The van der Waals surface area contributed by atoms with Crippen LogP contribution >= 0.6 is 0 Å². The van der Waals surface area contributed by atoms with Crippen molar-refractivity contribution in [2.24, 2.45) is 11.3 Å². The number of hydrogen-bond acceptors (Lipinski definition) is 2. The van der Waals surface area contributed by atoms with E-state index in [1.165, 1.54) is 57.8 Å². The molecule has 0 radical (unpaired) electrons. The Bertz CT molecular complexity index is 223. The predicted octanol–water partition coefficient (Wildman–Crippen LogP) is 3.10. The molecule has 2 rings (SSSR count). The molecular formula is C15H29NO. The highest BCUT2D eigenvalue weighted by atomic mass is 16.3. The lowest BCUT2D eigenvalue weighted by molar-refractivity contribution is 0.0783. The number of aliphatic hydroxyl groups excluding tert-OH is 1. The summed E-state index contributed by atoms with van der Waals surface area (Å²) in [6.07, 6.45) is 11.9. The molecule has 0 heterocycles.